The molecule has 0 spiro atoms. The molecule has 0 amide bonds. The van der Waals surface area contributed by atoms with Gasteiger partial charge in [-0.1, -0.05) is 0 Å². The molecule has 0 aliphatic rings. The molecule has 11 heavy (non-hydrogen) atoms. The molecule has 0 unspecified atom stereocenters. The quantitative estimate of drug-likeness (QED) is 0.801. The Hall–Kier alpha value is -0.0304. The minimum absolute atomic E-state index is 0.127. The van der Waals surface area contributed by atoms with Gasteiger partial charge in [-0.15, -0.1) is 0 Å². The van der Waals surface area contributed by atoms with Crippen LogP contribution in [0.3, 0.4) is 0 Å². The van der Waals surface area contributed by atoms with Crippen molar-refractivity contribution in [1.29, 1.82) is 0 Å². The summed E-state index contributed by atoms with van der Waals surface area (Å²) < 4.78 is 2.41. The number of rotatable bonds is 3. The molecule has 1 aromatic rings. The first-order chi connectivity index (χ1) is 5.29. The first-order valence-corrected chi connectivity index (χ1v) is 6.46. The summed E-state index contributed by atoms with van der Waals surface area (Å²) in [5.41, 5.74) is 0. The normalized spacial score (nSPS) is 12.9. The Balaban J connectivity index is 2.39. The summed E-state index contributed by atoms with van der Waals surface area (Å²) in [7, 11) is 0. The van der Waals surface area contributed by atoms with Crippen LogP contribution in [0.1, 0.15) is 6.92 Å². The SMILES string of the molecule is C[C@@H](O)C[Te]c1ccccc1. The van der Waals surface area contributed by atoms with E-state index in [1.165, 1.54) is 3.61 Å². The van der Waals surface area contributed by atoms with Crippen molar-refractivity contribution in [3.8, 4) is 0 Å². The summed E-state index contributed by atoms with van der Waals surface area (Å²) in [6.07, 6.45) is -0.127. The van der Waals surface area contributed by atoms with Crippen LogP contribution in [0.4, 0.5) is 0 Å². The van der Waals surface area contributed by atoms with Crippen LogP contribution >= 0.6 is 0 Å². The van der Waals surface area contributed by atoms with Crippen molar-refractivity contribution in [3.63, 3.8) is 0 Å². The number of aliphatic hydroxyl groups excluding tert-OH is 1. The molecule has 1 rings (SSSR count). The van der Waals surface area contributed by atoms with Crippen LogP contribution in [0, 0.1) is 0 Å². The van der Waals surface area contributed by atoms with E-state index in [0.29, 0.717) is 0 Å². The predicted octanol–water partition coefficient (Wildman–Crippen LogP) is 0.815. The maximum absolute atomic E-state index is 9.05. The van der Waals surface area contributed by atoms with Gasteiger partial charge in [0.05, 0.1) is 0 Å². The Kier molecular flexibility index (Phi) is 3.93. The molecule has 60 valence electrons. The van der Waals surface area contributed by atoms with Gasteiger partial charge in [-0.3, -0.25) is 0 Å². The van der Waals surface area contributed by atoms with Crippen LogP contribution in [0.5, 0.6) is 0 Å². The van der Waals surface area contributed by atoms with Crippen molar-refractivity contribution in [1.82, 2.24) is 0 Å². The zero-order chi connectivity index (χ0) is 8.10. The van der Waals surface area contributed by atoms with Crippen LogP contribution in [0.15, 0.2) is 30.3 Å². The van der Waals surface area contributed by atoms with Crippen molar-refractivity contribution in [2.75, 3.05) is 0 Å². The van der Waals surface area contributed by atoms with E-state index < -0.39 is 0 Å². The van der Waals surface area contributed by atoms with Gasteiger partial charge in [0.1, 0.15) is 0 Å². The van der Waals surface area contributed by atoms with Crippen LogP contribution in [0.25, 0.3) is 0 Å². The second kappa shape index (κ2) is 4.77. The molecule has 0 fully saturated rings. The molecular weight excluding hydrogens is 252 g/mol. The Morgan fingerprint density at radius 1 is 1.36 bits per heavy atom. The minimum atomic E-state index is -0.133. The third-order valence-electron chi connectivity index (χ3n) is 1.23. The molecule has 0 saturated carbocycles. The molecule has 0 aromatic heterocycles. The van der Waals surface area contributed by atoms with Gasteiger partial charge in [0.25, 0.3) is 0 Å². The summed E-state index contributed by atoms with van der Waals surface area (Å²) in [6, 6.07) is 10.4. The molecular formula is C9H12OTe. The average molecular weight is 264 g/mol. The zero-order valence-corrected chi connectivity index (χ0v) is 8.86. The van der Waals surface area contributed by atoms with Crippen LogP contribution in [0.2, 0.25) is 4.47 Å². The van der Waals surface area contributed by atoms with E-state index in [4.69, 9.17) is 5.11 Å². The topological polar surface area (TPSA) is 20.2 Å². The standard InChI is InChI=1S/C9H12OTe/c1-8(10)7-11-9-5-3-2-4-6-9/h2-6,8,10H,7H2,1H3/t8-/m1/s1. The zero-order valence-electron chi connectivity index (χ0n) is 6.53. The Morgan fingerprint density at radius 2 is 2.00 bits per heavy atom. The van der Waals surface area contributed by atoms with Crippen molar-refractivity contribution in [2.24, 2.45) is 0 Å². The second-order valence-corrected chi connectivity index (χ2v) is 5.59. The van der Waals surface area contributed by atoms with Gasteiger partial charge in [-0.2, -0.15) is 0 Å². The monoisotopic (exact) mass is 266 g/mol. The Labute approximate surface area is 77.5 Å². The van der Waals surface area contributed by atoms with E-state index in [9.17, 15) is 0 Å². The van der Waals surface area contributed by atoms with Gasteiger partial charge >= 0.3 is 77.5 Å². The summed E-state index contributed by atoms with van der Waals surface area (Å²) in [5.74, 6) is 0. The van der Waals surface area contributed by atoms with Crippen LogP contribution in [-0.2, 0) is 0 Å². The van der Waals surface area contributed by atoms with E-state index in [1.807, 2.05) is 13.0 Å². The Morgan fingerprint density at radius 3 is 2.55 bits per heavy atom. The third kappa shape index (κ3) is 3.76. The van der Waals surface area contributed by atoms with Gasteiger partial charge < -0.3 is 0 Å². The van der Waals surface area contributed by atoms with E-state index in [0.717, 1.165) is 4.47 Å². The van der Waals surface area contributed by atoms with Gasteiger partial charge in [0, 0.05) is 0 Å². The molecule has 0 aliphatic heterocycles. The van der Waals surface area contributed by atoms with Gasteiger partial charge in [-0.05, 0) is 0 Å². The number of hydrogen-bond donors (Lipinski definition) is 1. The van der Waals surface area contributed by atoms with E-state index >= 15 is 0 Å². The molecule has 1 N–H and O–H groups in total. The first-order valence-electron chi connectivity index (χ1n) is 3.65. The summed E-state index contributed by atoms with van der Waals surface area (Å²) in [4.78, 5) is 0. The van der Waals surface area contributed by atoms with Gasteiger partial charge in [-0.25, -0.2) is 0 Å². The predicted molar refractivity (Wildman–Crippen MR) is 48.3 cm³/mol. The van der Waals surface area contributed by atoms with E-state index in [2.05, 4.69) is 24.3 Å². The molecule has 2 heteroatoms. The molecule has 0 aliphatic carbocycles. The molecule has 0 heterocycles. The van der Waals surface area contributed by atoms with Crippen molar-refractivity contribution in [3.05, 3.63) is 30.3 Å². The summed E-state index contributed by atoms with van der Waals surface area (Å²) >= 11 is -0.133. The summed E-state index contributed by atoms with van der Waals surface area (Å²) in [6.45, 7) is 1.85. The molecule has 1 nitrogen and oxygen atoms in total. The van der Waals surface area contributed by atoms with Gasteiger partial charge in [0.15, 0.2) is 0 Å². The fraction of sp³-hybridized carbons (Fsp3) is 0.333. The van der Waals surface area contributed by atoms with Crippen molar-refractivity contribution >= 4 is 24.5 Å². The molecule has 0 bridgehead atoms. The van der Waals surface area contributed by atoms with Crippen molar-refractivity contribution < 1.29 is 5.11 Å². The molecule has 0 saturated heterocycles. The molecule has 1 aromatic carbocycles. The summed E-state index contributed by atoms with van der Waals surface area (Å²) in [5, 5.41) is 9.05. The maximum atomic E-state index is 9.05. The Bertz CT molecular complexity index is 196. The number of hydrogen-bond acceptors (Lipinski definition) is 1. The van der Waals surface area contributed by atoms with E-state index in [-0.39, 0.29) is 27.0 Å². The number of aliphatic hydroxyl groups is 1. The molecule has 0 radical (unpaired) electrons. The van der Waals surface area contributed by atoms with Gasteiger partial charge in [0.2, 0.25) is 0 Å². The fourth-order valence-electron chi connectivity index (χ4n) is 0.734. The van der Waals surface area contributed by atoms with Crippen molar-refractivity contribution in [2.45, 2.75) is 17.5 Å². The van der Waals surface area contributed by atoms with Crippen LogP contribution < -0.4 is 3.61 Å². The number of benzene rings is 1. The fourth-order valence-corrected chi connectivity index (χ4v) is 2.97. The molecule has 1 atom stereocenters. The first kappa shape index (κ1) is 9.06. The average Bonchev–Trinajstić information content (AvgIpc) is 2.03. The third-order valence-corrected chi connectivity index (χ3v) is 4.82. The second-order valence-electron chi connectivity index (χ2n) is 2.47. The van der Waals surface area contributed by atoms with E-state index in [1.54, 1.807) is 0 Å². The van der Waals surface area contributed by atoms with Crippen LogP contribution in [-0.4, -0.2) is 32.1 Å².